The maximum absolute atomic E-state index is 14.8. The molecule has 0 spiro atoms. The minimum atomic E-state index is -1.69. The molecule has 0 bridgehead atoms. The van der Waals surface area contributed by atoms with Gasteiger partial charge < -0.3 is 133 Å². The lowest BCUT2D eigenvalue weighted by Gasteiger charge is -2.28. The summed E-state index contributed by atoms with van der Waals surface area (Å²) >= 11 is 0. The fourth-order valence-electron chi connectivity index (χ4n) is 9.72. The molecule has 2 aromatic rings. The maximum atomic E-state index is 14.8. The number of aromatic amines is 1. The number of aromatic nitrogens is 1. The number of hydrogen-bond acceptors (Lipinski definition) is 18. The van der Waals surface area contributed by atoms with Gasteiger partial charge in [-0.25, -0.2) is 4.79 Å². The molecule has 1 heterocycles. The van der Waals surface area contributed by atoms with E-state index < -0.39 is 126 Å². The molecule has 0 radical (unpaired) electrons. The summed E-state index contributed by atoms with van der Waals surface area (Å²) in [6, 6.07) is -5.82. The van der Waals surface area contributed by atoms with Crippen molar-refractivity contribution in [1.29, 1.82) is 0 Å². The summed E-state index contributed by atoms with van der Waals surface area (Å²) in [5.74, 6) is -10.6. The normalized spacial score (nSPS) is 13.7. The van der Waals surface area contributed by atoms with Crippen molar-refractivity contribution >= 4 is 99.8 Å². The molecule has 0 fully saturated rings. The Morgan fingerprint density at radius 1 is 0.381 bits per heavy atom. The van der Waals surface area contributed by atoms with Crippen LogP contribution in [0.5, 0.6) is 0 Å². The van der Waals surface area contributed by atoms with Gasteiger partial charge in [-0.1, -0.05) is 18.2 Å². The number of carbonyl (C=O) groups is 10. The zero-order valence-corrected chi connectivity index (χ0v) is 54.8. The zero-order valence-electron chi connectivity index (χ0n) is 54.8. The van der Waals surface area contributed by atoms with Crippen molar-refractivity contribution in [1.82, 2.24) is 47.5 Å². The number of nitrogens with two attached hydrogens (primary N) is 14. The molecule has 38 N–H and O–H groups in total. The van der Waals surface area contributed by atoms with Gasteiger partial charge in [0.1, 0.15) is 48.3 Å². The first-order valence-electron chi connectivity index (χ1n) is 32.0. The van der Waals surface area contributed by atoms with Gasteiger partial charge in [0, 0.05) is 62.7 Å². The number of carboxylic acid groups (broad SMARTS) is 1. The predicted octanol–water partition coefficient (Wildman–Crippen LogP) is -8.21. The lowest BCUT2D eigenvalue weighted by atomic mass is 10.0. The average Bonchev–Trinajstić information content (AvgIpc) is 1.75. The Bertz CT molecular complexity index is 3010. The molecule has 542 valence electrons. The van der Waals surface area contributed by atoms with Crippen molar-refractivity contribution in [3.05, 3.63) is 36.0 Å². The van der Waals surface area contributed by atoms with E-state index in [4.69, 9.17) is 80.3 Å². The molecule has 0 aliphatic carbocycles. The van der Waals surface area contributed by atoms with E-state index >= 15 is 0 Å². The van der Waals surface area contributed by atoms with Gasteiger partial charge in [-0.15, -0.1) is 0 Å². The van der Waals surface area contributed by atoms with E-state index in [1.54, 1.807) is 30.5 Å². The van der Waals surface area contributed by atoms with E-state index in [0.717, 1.165) is 0 Å². The van der Waals surface area contributed by atoms with Gasteiger partial charge in [-0.2, -0.15) is 0 Å². The van der Waals surface area contributed by atoms with Crippen LogP contribution in [0.1, 0.15) is 121 Å². The van der Waals surface area contributed by atoms with Crippen LogP contribution in [0.3, 0.4) is 0 Å². The zero-order chi connectivity index (χ0) is 72.4. The number of primary amides is 1. The van der Waals surface area contributed by atoms with Crippen molar-refractivity contribution < 1.29 is 53.1 Å². The van der Waals surface area contributed by atoms with E-state index in [2.05, 4.69) is 72.5 Å². The van der Waals surface area contributed by atoms with Gasteiger partial charge in [-0.05, 0) is 134 Å². The lowest BCUT2D eigenvalue weighted by molar-refractivity contribution is -0.142. The smallest absolute Gasteiger partial charge is 0.326 e. The second-order valence-corrected chi connectivity index (χ2v) is 22.8. The number of carboxylic acids is 1. The highest BCUT2D eigenvalue weighted by Crippen LogP contribution is 2.20. The van der Waals surface area contributed by atoms with E-state index in [9.17, 15) is 53.1 Å². The highest BCUT2D eigenvalue weighted by atomic mass is 16.4. The molecule has 39 nitrogen and oxygen atoms in total. The molecule has 9 amide bonds. The summed E-state index contributed by atoms with van der Waals surface area (Å²) in [7, 11) is 0. The third-order valence-electron chi connectivity index (χ3n) is 14.8. The fourth-order valence-corrected chi connectivity index (χ4v) is 9.72. The minimum absolute atomic E-state index is 0.00718. The van der Waals surface area contributed by atoms with Crippen LogP contribution >= 0.6 is 0 Å². The first kappa shape index (κ1) is 82.8. The van der Waals surface area contributed by atoms with E-state index in [1.165, 1.54) is 0 Å². The number of hydrogen-bond donors (Lipinski definition) is 24. The van der Waals surface area contributed by atoms with Gasteiger partial charge in [-0.3, -0.25) is 68.1 Å². The summed E-state index contributed by atoms with van der Waals surface area (Å²) in [6.45, 7) is 0.647. The number of nitrogens with zero attached hydrogens (tertiary/aromatic N) is 5. The average molecular weight is 1370 g/mol. The van der Waals surface area contributed by atoms with Crippen LogP contribution in [-0.4, -0.2) is 199 Å². The lowest BCUT2D eigenvalue weighted by Crippen LogP contribution is -2.60. The molecule has 97 heavy (non-hydrogen) atoms. The number of guanidine groups is 5. The molecule has 0 saturated heterocycles. The standard InChI is InChI=1S/C58H104N28O11/c59-23-5-3-15-36(79-45(88)34(61)13-7-25-73-54(63)64)46(89)80-37(16-4-6-24-60)47(90)81-38(17-8-26-74-55(65)66)48(91)82-39(18-9-27-75-56(67)68)49(92)84-41(21-22-44(62)87)51(94)86-43(30-32-31-78-35-14-2-1-12-33(32)35)52(95)83-40(19-10-28-76-57(69)70)50(93)85-42(53(96)97)20-11-29-77-58(71)72/h1-2,12,14,31,34,36-43,78H,3-11,13,15-30,59-61H2,(H2,62,87)(H,79,88)(H,80,89)(H,81,90)(H,82,91)(H,83,95)(H,84,92)(H,85,93)(H,86,94)(H,96,97)(H4,63,64,73)(H4,65,66,74)(H4,67,68,75)(H4,69,70,76)(H4,71,72,77)/t34-,36+,37+,38+,39-,40+,41+,42-,43+/m1/s1. The van der Waals surface area contributed by atoms with Gasteiger partial charge in [0.15, 0.2) is 29.8 Å². The number of fused-ring (bicyclic) bond motifs is 1. The molecule has 0 aliphatic heterocycles. The van der Waals surface area contributed by atoms with E-state index in [0.29, 0.717) is 48.6 Å². The first-order chi connectivity index (χ1) is 46.1. The van der Waals surface area contributed by atoms with Crippen LogP contribution in [0.15, 0.2) is 55.4 Å². The van der Waals surface area contributed by atoms with Crippen molar-refractivity contribution in [2.24, 2.45) is 105 Å². The number of H-pyrrole nitrogens is 1. The molecule has 1 aromatic carbocycles. The highest BCUT2D eigenvalue weighted by Gasteiger charge is 2.36. The summed E-state index contributed by atoms with van der Waals surface area (Å²) in [4.78, 5) is 163. The Labute approximate surface area is 562 Å². The van der Waals surface area contributed by atoms with Crippen LogP contribution in [0.4, 0.5) is 0 Å². The van der Waals surface area contributed by atoms with Gasteiger partial charge in [0.05, 0.1) is 6.04 Å². The van der Waals surface area contributed by atoms with E-state index in [1.807, 2.05) is 0 Å². The number of unbranched alkanes of at least 4 members (excludes halogenated alkanes) is 2. The minimum Gasteiger partial charge on any atom is -0.480 e. The number of nitrogens with one attached hydrogen (secondary N) is 9. The van der Waals surface area contributed by atoms with Crippen molar-refractivity contribution in [2.75, 3.05) is 45.8 Å². The van der Waals surface area contributed by atoms with Crippen LogP contribution < -0.4 is 123 Å². The molecule has 0 aliphatic rings. The number of amides is 9. The Morgan fingerprint density at radius 3 is 1.03 bits per heavy atom. The highest BCUT2D eigenvalue weighted by molar-refractivity contribution is 5.99. The molecule has 1 aromatic heterocycles. The number of rotatable bonds is 50. The molecule has 0 saturated carbocycles. The molecular weight excluding hydrogens is 1260 g/mol. The number of carbonyl (C=O) groups excluding carboxylic acids is 9. The van der Waals surface area contributed by atoms with Crippen molar-refractivity contribution in [3.63, 3.8) is 0 Å². The second kappa shape index (κ2) is 45.9. The Balaban J connectivity index is 2.69. The maximum Gasteiger partial charge on any atom is 0.326 e. The Morgan fingerprint density at radius 2 is 0.680 bits per heavy atom. The molecule has 39 heteroatoms. The quantitative estimate of drug-likeness (QED) is 0.0166. The topological polar surface area (TPSA) is 729 Å². The van der Waals surface area contributed by atoms with Crippen LogP contribution in [0.2, 0.25) is 0 Å². The van der Waals surface area contributed by atoms with Crippen LogP contribution in [0.25, 0.3) is 10.9 Å². The number of aliphatic carboxylic acids is 1. The van der Waals surface area contributed by atoms with Crippen molar-refractivity contribution in [3.8, 4) is 0 Å². The SMILES string of the molecule is NCCCC[C@H](NC(=O)[C@H](N)CCCN=C(N)N)C(=O)N[C@@H](CCCCN)C(=O)N[C@@H](CCCN=C(N)N)C(=O)N[C@H](CCCN=C(N)N)C(=O)N[C@@H](CCC(N)=O)C(=O)N[C@@H](Cc1c[nH]c2ccccc12)C(=O)N[C@@H](CCCN=C(N)N)C(=O)N[C@H](CCCN=C(N)N)C(=O)O. The number of benzene rings is 1. The van der Waals surface area contributed by atoms with Gasteiger partial charge in [0.25, 0.3) is 0 Å². The second-order valence-electron chi connectivity index (χ2n) is 22.8. The third-order valence-corrected chi connectivity index (χ3v) is 14.8. The van der Waals surface area contributed by atoms with Crippen molar-refractivity contribution in [2.45, 2.75) is 176 Å². The summed E-state index contributed by atoms with van der Waals surface area (Å²) < 4.78 is 0. The van der Waals surface area contributed by atoms with Gasteiger partial charge in [0.2, 0.25) is 53.2 Å². The largest absolute Gasteiger partial charge is 0.480 e. The summed E-state index contributed by atoms with van der Waals surface area (Å²) in [6.07, 6.45) is 2.27. The summed E-state index contributed by atoms with van der Waals surface area (Å²) in [5, 5.41) is 31.8. The van der Waals surface area contributed by atoms with Crippen LogP contribution in [0, 0.1) is 0 Å². The predicted molar refractivity (Wildman–Crippen MR) is 367 cm³/mol. The Kier molecular flexibility index (Phi) is 39.2. The molecule has 2 rings (SSSR count). The van der Waals surface area contributed by atoms with Crippen LogP contribution in [-0.2, 0) is 54.4 Å². The number of aliphatic imine (C=N–C) groups is 5. The van der Waals surface area contributed by atoms with Gasteiger partial charge >= 0.3 is 5.97 Å². The number of para-hydroxylation sites is 1. The third kappa shape index (κ3) is 34.6. The summed E-state index contributed by atoms with van der Waals surface area (Å²) in [5.41, 5.74) is 79.6. The van der Waals surface area contributed by atoms with E-state index in [-0.39, 0.29) is 153 Å². The monoisotopic (exact) mass is 1370 g/mol. The Hall–Kier alpha value is -10.3. The first-order valence-corrected chi connectivity index (χ1v) is 32.0. The molecule has 0 unspecified atom stereocenters. The molecule has 9 atom stereocenters. The molecular formula is C58H104N28O11. The fraction of sp³-hybridized carbons (Fsp3) is 0.603.